The SMILES string of the molecule is C=C(O)c1cn(-c2ccc(F)cc2F)c2nc(N3CCC(N/N=C\c4c5c(O)c6c(O)c(C)c7c(c6c4O)C(=O)[C@@](C)(O/C=C/[C@H](OC)[C@@H](C)[C@@H](OC(C)=O)[C@H](C)[C@H](O)[C@H](C)[C@@H](O)[C@@H](C)/C=C/C=C(/C)C(=O)N5)O7)C3)c(F)cc2c1=O. The number of rotatable bonds is 8. The van der Waals surface area contributed by atoms with Crippen molar-refractivity contribution in [3.63, 3.8) is 0 Å². The molecule has 8 N–H and O–H groups in total. The van der Waals surface area contributed by atoms with E-state index in [4.69, 9.17) is 18.9 Å². The number of carbonyl (C=O) groups excluding carboxylic acids is 3. The van der Waals surface area contributed by atoms with Crippen molar-refractivity contribution in [2.45, 2.75) is 98.1 Å². The third-order valence-electron chi connectivity index (χ3n) is 15.4. The van der Waals surface area contributed by atoms with E-state index in [9.17, 15) is 54.2 Å². The van der Waals surface area contributed by atoms with Crippen LogP contribution in [0.1, 0.15) is 81.9 Å². The van der Waals surface area contributed by atoms with Crippen molar-refractivity contribution in [1.82, 2.24) is 15.0 Å². The number of carbonyl (C=O) groups is 3. The number of aromatic nitrogens is 2. The number of halogens is 3. The number of aliphatic hydroxyl groups excluding tert-OH is 3. The van der Waals surface area contributed by atoms with Crippen LogP contribution in [0, 0.1) is 48.0 Å². The Kier molecular flexibility index (Phi) is 16.7. The van der Waals surface area contributed by atoms with E-state index in [-0.39, 0.29) is 75.6 Å². The first-order chi connectivity index (χ1) is 38.2. The Morgan fingerprint density at radius 2 is 1.69 bits per heavy atom. The summed E-state index contributed by atoms with van der Waals surface area (Å²) in [6.07, 6.45) is 5.29. The number of esters is 1. The van der Waals surface area contributed by atoms with Gasteiger partial charge in [0.05, 0.1) is 75.7 Å². The van der Waals surface area contributed by atoms with Crippen LogP contribution in [0.4, 0.5) is 24.7 Å². The number of anilines is 2. The molecule has 1 unspecified atom stereocenters. The molecular formula is C58H63F3N6O14. The summed E-state index contributed by atoms with van der Waals surface area (Å²) in [6.45, 7) is 15.6. The highest BCUT2D eigenvalue weighted by Crippen LogP contribution is 2.55. The number of amides is 1. The number of phenols is 3. The predicted molar refractivity (Wildman–Crippen MR) is 294 cm³/mol. The number of ketones is 1. The fourth-order valence-electron chi connectivity index (χ4n) is 10.6. The summed E-state index contributed by atoms with van der Waals surface area (Å²) in [6, 6.07) is 2.95. The molecule has 1 saturated heterocycles. The fraction of sp³-hybridized carbons (Fsp3) is 0.379. The number of hydrogen-bond acceptors (Lipinski definition) is 18. The van der Waals surface area contributed by atoms with Gasteiger partial charge in [-0.1, -0.05) is 52.5 Å². The van der Waals surface area contributed by atoms with Crippen LogP contribution in [0.15, 0.2) is 83.1 Å². The topological polar surface area (TPSA) is 284 Å². The van der Waals surface area contributed by atoms with E-state index < -0.39 is 140 Å². The molecule has 20 nitrogen and oxygen atoms in total. The number of fused-ring (bicyclic) bond motifs is 15. The van der Waals surface area contributed by atoms with Gasteiger partial charge in [0.2, 0.25) is 5.43 Å². The van der Waals surface area contributed by atoms with Crippen LogP contribution >= 0.6 is 0 Å². The highest BCUT2D eigenvalue weighted by molar-refractivity contribution is 6.24. The zero-order chi connectivity index (χ0) is 59.3. The van der Waals surface area contributed by atoms with Gasteiger partial charge in [-0.15, -0.1) is 0 Å². The standard InChI is InChI=1S/C58H63F3N6O14/c1-25-12-11-13-26(2)57(77)63-45-36(22-62-65-34-16-18-66(23-34)56-39(61)21-35-49(73)37(31(7)68)24-67(55(35)64-56)40-15-14-33(59)20-38(40)60)50(74)42-43(51(45)75)48(72)30(6)53-44(42)54(76)58(9,81-53)79-19-17-41(78-10)27(3)52(80-32(8)69)29(5)47(71)28(4)46(25)70/h11-15,17,19-22,24-25,27-29,34,41,46-47,52,65,68,70-72,74-75H,7,16,18,23H2,1-6,8-10H3,(H,63,77)/b12-11+,19-17+,26-13-,62-22-/t25-,27+,28+,29+,34?,41-,46-,47+,52+,58-/m0/s1. The van der Waals surface area contributed by atoms with Crippen molar-refractivity contribution >= 4 is 62.9 Å². The first-order valence-electron chi connectivity index (χ1n) is 25.9. The second kappa shape index (κ2) is 23.0. The molecule has 10 atom stereocenters. The van der Waals surface area contributed by atoms with Crippen LogP contribution in [-0.2, 0) is 23.8 Å². The average Bonchev–Trinajstić information content (AvgIpc) is 3.91. The Bertz CT molecular complexity index is 3580. The normalized spacial score (nSPS) is 27.0. The molecule has 0 aliphatic carbocycles. The number of methoxy groups -OCH3 is 1. The Hall–Kier alpha value is -8.41. The van der Waals surface area contributed by atoms with E-state index >= 15 is 8.78 Å². The number of Topliss-reactive ketones (excluding diaryl/α,β-unsaturated/α-hetero) is 1. The first kappa shape index (κ1) is 58.7. The number of nitrogens with one attached hydrogen (secondary N) is 2. The van der Waals surface area contributed by atoms with Crippen molar-refractivity contribution < 1.29 is 77.1 Å². The highest BCUT2D eigenvalue weighted by Gasteiger charge is 2.50. The summed E-state index contributed by atoms with van der Waals surface area (Å²) in [5, 5.41) is 75.4. The first-order valence-corrected chi connectivity index (χ1v) is 25.9. The van der Waals surface area contributed by atoms with Crippen LogP contribution in [0.5, 0.6) is 23.0 Å². The maximum Gasteiger partial charge on any atom is 0.312 e. The number of hydrogen-bond donors (Lipinski definition) is 8. The molecule has 5 bridgehead atoms. The van der Waals surface area contributed by atoms with Crippen molar-refractivity contribution in [1.29, 1.82) is 0 Å². The molecule has 9 rings (SSSR count). The molecule has 2 aromatic heterocycles. The molecule has 1 fully saturated rings. The number of allylic oxidation sites excluding steroid dienone is 2. The quantitative estimate of drug-likeness (QED) is 0.0185. The molecule has 6 heterocycles. The van der Waals surface area contributed by atoms with E-state index in [0.29, 0.717) is 6.07 Å². The lowest BCUT2D eigenvalue weighted by atomic mass is 9.78. The summed E-state index contributed by atoms with van der Waals surface area (Å²) in [5.41, 5.74) is 0.0536. The minimum absolute atomic E-state index is 0.00803. The second-order valence-electron chi connectivity index (χ2n) is 20.9. The Labute approximate surface area is 462 Å². The number of aromatic hydroxyl groups is 3. The molecule has 0 spiro atoms. The van der Waals surface area contributed by atoms with Gasteiger partial charge in [0, 0.05) is 86.5 Å². The molecule has 0 radical (unpaired) electrons. The maximum atomic E-state index is 16.1. The van der Waals surface area contributed by atoms with Gasteiger partial charge in [-0.25, -0.2) is 18.2 Å². The summed E-state index contributed by atoms with van der Waals surface area (Å²) in [7, 11) is 1.39. The lowest BCUT2D eigenvalue weighted by molar-refractivity contribution is -0.160. The van der Waals surface area contributed by atoms with Crippen molar-refractivity contribution in [2.24, 2.45) is 28.8 Å². The number of hydrazone groups is 1. The van der Waals surface area contributed by atoms with E-state index in [0.717, 1.165) is 41.4 Å². The molecule has 5 aromatic rings. The van der Waals surface area contributed by atoms with Gasteiger partial charge in [0.25, 0.3) is 11.7 Å². The van der Waals surface area contributed by atoms with Crippen LogP contribution in [0.2, 0.25) is 0 Å². The number of ether oxygens (including phenoxy) is 4. The van der Waals surface area contributed by atoms with Crippen LogP contribution in [0.3, 0.4) is 0 Å². The summed E-state index contributed by atoms with van der Waals surface area (Å²) in [4.78, 5) is 60.6. The van der Waals surface area contributed by atoms with Gasteiger partial charge in [0.15, 0.2) is 23.0 Å². The van der Waals surface area contributed by atoms with Crippen molar-refractivity contribution in [2.75, 3.05) is 30.4 Å². The van der Waals surface area contributed by atoms with Crippen LogP contribution in [0.25, 0.3) is 33.3 Å². The van der Waals surface area contributed by atoms with Crippen molar-refractivity contribution in [3.8, 4) is 28.7 Å². The smallest absolute Gasteiger partial charge is 0.312 e. The maximum absolute atomic E-state index is 16.1. The van der Waals surface area contributed by atoms with E-state index in [1.165, 1.54) is 57.9 Å². The minimum Gasteiger partial charge on any atom is -0.508 e. The number of pyridine rings is 2. The molecule has 1 amide bonds. The summed E-state index contributed by atoms with van der Waals surface area (Å²) in [5.74, 6) is -13.5. The predicted octanol–water partition coefficient (Wildman–Crippen LogP) is 7.60. The van der Waals surface area contributed by atoms with Gasteiger partial charge in [-0.3, -0.25) is 23.7 Å². The minimum atomic E-state index is -2.18. The van der Waals surface area contributed by atoms with Gasteiger partial charge in [-0.2, -0.15) is 5.10 Å². The zero-order valence-corrected chi connectivity index (χ0v) is 45.7. The lowest BCUT2D eigenvalue weighted by Crippen LogP contribution is -2.46. The molecule has 4 aliphatic rings. The van der Waals surface area contributed by atoms with Gasteiger partial charge in [-0.05, 0) is 44.5 Å². The van der Waals surface area contributed by atoms with E-state index in [1.807, 2.05) is 0 Å². The summed E-state index contributed by atoms with van der Waals surface area (Å²) < 4.78 is 70.1. The number of benzene rings is 3. The molecule has 430 valence electrons. The zero-order valence-electron chi connectivity index (χ0n) is 45.7. The monoisotopic (exact) mass is 1120 g/mol. The van der Waals surface area contributed by atoms with Crippen molar-refractivity contribution in [3.05, 3.63) is 123 Å². The second-order valence-corrected chi connectivity index (χ2v) is 20.9. The Balaban J connectivity index is 1.19. The van der Waals surface area contributed by atoms with E-state index in [2.05, 4.69) is 27.4 Å². The summed E-state index contributed by atoms with van der Waals surface area (Å²) >= 11 is 0. The third-order valence-corrected chi connectivity index (χ3v) is 15.4. The molecule has 4 aliphatic heterocycles. The lowest BCUT2D eigenvalue weighted by Gasteiger charge is -2.38. The van der Waals surface area contributed by atoms with Gasteiger partial charge in [0.1, 0.15) is 40.7 Å². The molecule has 3 aromatic carbocycles. The number of aliphatic hydroxyl groups is 3. The largest absolute Gasteiger partial charge is 0.508 e. The Morgan fingerprint density at radius 1 is 0.975 bits per heavy atom. The van der Waals surface area contributed by atoms with Gasteiger partial charge >= 0.3 is 11.8 Å². The number of nitrogens with zero attached hydrogens (tertiary/aromatic N) is 4. The molecular weight excluding hydrogens is 1060 g/mol. The molecule has 23 heteroatoms. The highest BCUT2D eigenvalue weighted by atomic mass is 19.1. The van der Waals surface area contributed by atoms with Crippen LogP contribution in [-0.4, -0.2) is 121 Å². The molecule has 81 heavy (non-hydrogen) atoms. The van der Waals surface area contributed by atoms with Crippen LogP contribution < -0.4 is 25.8 Å². The third kappa shape index (κ3) is 11.0. The van der Waals surface area contributed by atoms with E-state index in [1.54, 1.807) is 33.8 Å². The fourth-order valence-corrected chi connectivity index (χ4v) is 10.6. The Morgan fingerprint density at radius 3 is 2.36 bits per heavy atom. The molecule has 0 saturated carbocycles. The van der Waals surface area contributed by atoms with Gasteiger partial charge < -0.3 is 65.2 Å². The average molecular weight is 1130 g/mol. The number of phenolic OH excluding ortho intramolecular Hbond substituents is 3.